The summed E-state index contributed by atoms with van der Waals surface area (Å²) in [4.78, 5) is 13.2. The average Bonchev–Trinajstić information content (AvgIpc) is 2.18. The molecule has 0 saturated carbocycles. The minimum absolute atomic E-state index is 0.194. The Bertz CT molecular complexity index is 357. The highest BCUT2D eigenvalue weighted by Gasteiger charge is 2.32. The summed E-state index contributed by atoms with van der Waals surface area (Å²) >= 11 is 9.53. The SMILES string of the molecule is ClCCl.O=C(O)c1cccc(C(F)(F)F)n1. The first-order valence-electron chi connectivity index (χ1n) is 3.72. The predicted molar refractivity (Wildman–Crippen MR) is 52.8 cm³/mol. The highest BCUT2D eigenvalue weighted by Crippen LogP contribution is 2.27. The Hall–Kier alpha value is -1.01. The Balaban J connectivity index is 0.000000673. The topological polar surface area (TPSA) is 50.2 Å². The number of hydrogen-bond acceptors (Lipinski definition) is 2. The van der Waals surface area contributed by atoms with E-state index in [9.17, 15) is 18.0 Å². The van der Waals surface area contributed by atoms with Crippen LogP contribution in [0.3, 0.4) is 0 Å². The smallest absolute Gasteiger partial charge is 0.433 e. The van der Waals surface area contributed by atoms with Crippen molar-refractivity contribution in [1.29, 1.82) is 0 Å². The molecule has 0 aliphatic heterocycles. The zero-order valence-corrected chi connectivity index (χ0v) is 9.14. The van der Waals surface area contributed by atoms with E-state index in [1.807, 2.05) is 0 Å². The van der Waals surface area contributed by atoms with Crippen LogP contribution in [0.5, 0.6) is 0 Å². The van der Waals surface area contributed by atoms with Gasteiger partial charge in [-0.15, -0.1) is 23.2 Å². The van der Waals surface area contributed by atoms with E-state index in [1.54, 1.807) is 0 Å². The second kappa shape index (κ2) is 6.55. The molecule has 16 heavy (non-hydrogen) atoms. The molecule has 0 unspecified atom stereocenters. The second-order valence-electron chi connectivity index (χ2n) is 2.31. The van der Waals surface area contributed by atoms with Crippen LogP contribution in [0.2, 0.25) is 0 Å². The molecule has 90 valence electrons. The molecular weight excluding hydrogens is 270 g/mol. The van der Waals surface area contributed by atoms with E-state index in [-0.39, 0.29) is 5.34 Å². The second-order valence-corrected chi connectivity index (χ2v) is 3.12. The van der Waals surface area contributed by atoms with Gasteiger partial charge in [0.05, 0.1) is 5.34 Å². The summed E-state index contributed by atoms with van der Waals surface area (Å²) in [7, 11) is 0. The van der Waals surface area contributed by atoms with Crippen LogP contribution in [0.25, 0.3) is 0 Å². The van der Waals surface area contributed by atoms with Crippen molar-refractivity contribution in [2.75, 3.05) is 5.34 Å². The lowest BCUT2D eigenvalue weighted by atomic mass is 10.3. The van der Waals surface area contributed by atoms with Gasteiger partial charge in [0.1, 0.15) is 11.4 Å². The molecule has 0 aliphatic carbocycles. The van der Waals surface area contributed by atoms with Gasteiger partial charge in [0.2, 0.25) is 0 Å². The number of carboxylic acid groups (broad SMARTS) is 1. The first kappa shape index (κ1) is 15.0. The van der Waals surface area contributed by atoms with Gasteiger partial charge >= 0.3 is 12.1 Å². The number of pyridine rings is 1. The zero-order valence-electron chi connectivity index (χ0n) is 7.63. The van der Waals surface area contributed by atoms with Gasteiger partial charge in [0.25, 0.3) is 0 Å². The summed E-state index contributed by atoms with van der Waals surface area (Å²) in [6.07, 6.45) is -4.61. The minimum Gasteiger partial charge on any atom is -0.477 e. The molecule has 1 rings (SSSR count). The van der Waals surface area contributed by atoms with Crippen LogP contribution in [0, 0.1) is 0 Å². The molecule has 1 heterocycles. The molecule has 1 aromatic heterocycles. The highest BCUT2D eigenvalue weighted by molar-refractivity contribution is 6.40. The van der Waals surface area contributed by atoms with E-state index in [4.69, 9.17) is 28.3 Å². The van der Waals surface area contributed by atoms with Gasteiger partial charge in [-0.3, -0.25) is 0 Å². The van der Waals surface area contributed by atoms with E-state index < -0.39 is 23.5 Å². The minimum atomic E-state index is -4.61. The summed E-state index contributed by atoms with van der Waals surface area (Å²) in [5.74, 6) is -1.48. The van der Waals surface area contributed by atoms with Crippen LogP contribution in [0.1, 0.15) is 16.2 Å². The van der Waals surface area contributed by atoms with Gasteiger partial charge < -0.3 is 5.11 Å². The number of carboxylic acids is 1. The van der Waals surface area contributed by atoms with Crippen molar-refractivity contribution in [2.45, 2.75) is 6.18 Å². The Labute approximate surface area is 98.8 Å². The monoisotopic (exact) mass is 275 g/mol. The van der Waals surface area contributed by atoms with Crippen LogP contribution in [0.4, 0.5) is 13.2 Å². The summed E-state index contributed by atoms with van der Waals surface area (Å²) < 4.78 is 35.9. The molecule has 1 N–H and O–H groups in total. The van der Waals surface area contributed by atoms with Crippen LogP contribution in [-0.4, -0.2) is 21.4 Å². The third kappa shape index (κ3) is 5.18. The van der Waals surface area contributed by atoms with E-state index in [1.165, 1.54) is 0 Å². The molecule has 0 spiro atoms. The Kier molecular flexibility index (Phi) is 6.13. The van der Waals surface area contributed by atoms with E-state index in [0.29, 0.717) is 6.07 Å². The van der Waals surface area contributed by atoms with Crippen LogP contribution in [-0.2, 0) is 6.18 Å². The summed E-state index contributed by atoms with van der Waals surface area (Å²) in [6, 6.07) is 2.71. The molecule has 0 fully saturated rings. The maximum atomic E-state index is 12.0. The van der Waals surface area contributed by atoms with E-state index in [2.05, 4.69) is 4.98 Å². The number of carbonyl (C=O) groups is 1. The molecule has 0 atom stereocenters. The maximum absolute atomic E-state index is 12.0. The Morgan fingerprint density at radius 3 is 2.25 bits per heavy atom. The van der Waals surface area contributed by atoms with Crippen molar-refractivity contribution in [2.24, 2.45) is 0 Å². The highest BCUT2D eigenvalue weighted by atomic mass is 35.5. The lowest BCUT2D eigenvalue weighted by Gasteiger charge is -2.04. The van der Waals surface area contributed by atoms with Crippen LogP contribution < -0.4 is 0 Å². The Morgan fingerprint density at radius 1 is 1.38 bits per heavy atom. The first-order valence-corrected chi connectivity index (χ1v) is 4.79. The van der Waals surface area contributed by atoms with Crippen molar-refractivity contribution in [3.8, 4) is 0 Å². The molecule has 1 aromatic rings. The molecular formula is C8H6Cl2F3NO2. The molecule has 3 nitrogen and oxygen atoms in total. The number of alkyl halides is 5. The Morgan fingerprint density at radius 2 is 1.88 bits per heavy atom. The standard InChI is InChI=1S/C7H4F3NO2.CH2Cl2/c8-7(9,10)5-3-1-2-4(11-5)6(12)13;2-1-3/h1-3H,(H,12,13);1H2. The molecule has 0 amide bonds. The lowest BCUT2D eigenvalue weighted by molar-refractivity contribution is -0.141. The van der Waals surface area contributed by atoms with Crippen LogP contribution >= 0.6 is 23.2 Å². The number of hydrogen-bond donors (Lipinski definition) is 1. The van der Waals surface area contributed by atoms with E-state index in [0.717, 1.165) is 12.1 Å². The molecule has 0 aromatic carbocycles. The number of halogens is 5. The number of rotatable bonds is 1. The van der Waals surface area contributed by atoms with Gasteiger partial charge in [-0.1, -0.05) is 6.07 Å². The van der Waals surface area contributed by atoms with Crippen molar-refractivity contribution < 1.29 is 23.1 Å². The normalized spacial score (nSPS) is 10.3. The van der Waals surface area contributed by atoms with Crippen molar-refractivity contribution in [3.05, 3.63) is 29.6 Å². The van der Waals surface area contributed by atoms with Crippen molar-refractivity contribution in [1.82, 2.24) is 4.98 Å². The van der Waals surface area contributed by atoms with Crippen molar-refractivity contribution in [3.63, 3.8) is 0 Å². The van der Waals surface area contributed by atoms with Gasteiger partial charge in [-0.2, -0.15) is 13.2 Å². The third-order valence-corrected chi connectivity index (χ3v) is 1.26. The number of aromatic nitrogens is 1. The van der Waals surface area contributed by atoms with Gasteiger partial charge in [-0.05, 0) is 12.1 Å². The number of nitrogens with zero attached hydrogens (tertiary/aromatic N) is 1. The van der Waals surface area contributed by atoms with Gasteiger partial charge in [-0.25, -0.2) is 9.78 Å². The van der Waals surface area contributed by atoms with Gasteiger partial charge in [0.15, 0.2) is 0 Å². The quantitative estimate of drug-likeness (QED) is 0.801. The average molecular weight is 276 g/mol. The van der Waals surface area contributed by atoms with Gasteiger partial charge in [0, 0.05) is 0 Å². The fourth-order valence-corrected chi connectivity index (χ4v) is 0.712. The molecule has 8 heteroatoms. The maximum Gasteiger partial charge on any atom is 0.433 e. The molecule has 0 bridgehead atoms. The third-order valence-electron chi connectivity index (χ3n) is 1.26. The molecule has 0 aliphatic rings. The fraction of sp³-hybridized carbons (Fsp3) is 0.250. The first-order chi connectivity index (χ1) is 7.32. The van der Waals surface area contributed by atoms with Crippen LogP contribution in [0.15, 0.2) is 18.2 Å². The fourth-order valence-electron chi connectivity index (χ4n) is 0.712. The van der Waals surface area contributed by atoms with E-state index >= 15 is 0 Å². The summed E-state index contributed by atoms with van der Waals surface area (Å²) in [5.41, 5.74) is -1.82. The molecule has 0 radical (unpaired) electrons. The zero-order chi connectivity index (χ0) is 12.8. The summed E-state index contributed by atoms with van der Waals surface area (Å²) in [5, 5.41) is 8.54. The lowest BCUT2D eigenvalue weighted by Crippen LogP contribution is -2.11. The molecule has 0 saturated heterocycles. The summed E-state index contributed by atoms with van der Waals surface area (Å²) in [6.45, 7) is 0. The number of aromatic carboxylic acids is 1. The van der Waals surface area contributed by atoms with Crippen molar-refractivity contribution >= 4 is 29.2 Å². The predicted octanol–water partition coefficient (Wildman–Crippen LogP) is 3.22. The largest absolute Gasteiger partial charge is 0.477 e.